The smallest absolute Gasteiger partial charge is 0.117 e. The van der Waals surface area contributed by atoms with Gasteiger partial charge in [0.25, 0.3) is 0 Å². The van der Waals surface area contributed by atoms with Crippen LogP contribution in [0.15, 0.2) is 73.3 Å². The Morgan fingerprint density at radius 3 is 2.48 bits per heavy atom. The Kier molecular flexibility index (Phi) is 3.05. The standard InChI is InChI=1S/C20H16N2O/c1-13(23)15-6-2-4-8-18(15)21-14-10-11-20-17(12-14)16-7-3-5-9-19(16)22-20/h2-12,21-23H,1H2. The maximum Gasteiger partial charge on any atom is 0.117 e. The number of anilines is 2. The van der Waals surface area contributed by atoms with E-state index in [9.17, 15) is 5.11 Å². The fourth-order valence-corrected chi connectivity index (χ4v) is 2.93. The number of aromatic amines is 1. The third-order valence-corrected chi connectivity index (χ3v) is 4.02. The summed E-state index contributed by atoms with van der Waals surface area (Å²) in [6, 6.07) is 22.0. The van der Waals surface area contributed by atoms with Crippen LogP contribution in [0.4, 0.5) is 11.4 Å². The zero-order valence-corrected chi connectivity index (χ0v) is 12.5. The molecule has 3 aromatic carbocycles. The van der Waals surface area contributed by atoms with E-state index in [0.717, 1.165) is 22.4 Å². The van der Waals surface area contributed by atoms with Gasteiger partial charge in [-0.2, -0.15) is 0 Å². The van der Waals surface area contributed by atoms with Gasteiger partial charge in [0.05, 0.1) is 0 Å². The summed E-state index contributed by atoms with van der Waals surface area (Å²) >= 11 is 0. The van der Waals surface area contributed by atoms with Crippen molar-refractivity contribution in [1.29, 1.82) is 0 Å². The number of fused-ring (bicyclic) bond motifs is 3. The van der Waals surface area contributed by atoms with Gasteiger partial charge in [-0.15, -0.1) is 0 Å². The molecular weight excluding hydrogens is 284 g/mol. The summed E-state index contributed by atoms with van der Waals surface area (Å²) < 4.78 is 0. The van der Waals surface area contributed by atoms with Crippen molar-refractivity contribution in [3.05, 3.63) is 78.9 Å². The number of hydrogen-bond acceptors (Lipinski definition) is 2. The Balaban J connectivity index is 1.81. The Morgan fingerprint density at radius 1 is 0.870 bits per heavy atom. The van der Waals surface area contributed by atoms with Crippen LogP contribution in [-0.4, -0.2) is 10.1 Å². The molecule has 3 N–H and O–H groups in total. The molecule has 0 aliphatic rings. The molecule has 112 valence electrons. The van der Waals surface area contributed by atoms with Crippen molar-refractivity contribution in [2.45, 2.75) is 0 Å². The molecule has 0 unspecified atom stereocenters. The van der Waals surface area contributed by atoms with Crippen molar-refractivity contribution >= 4 is 38.9 Å². The van der Waals surface area contributed by atoms with Crippen LogP contribution in [0.25, 0.3) is 27.6 Å². The SMILES string of the molecule is C=C(O)c1ccccc1Nc1ccc2[nH]c3ccccc3c2c1. The number of nitrogens with one attached hydrogen (secondary N) is 2. The highest BCUT2D eigenvalue weighted by atomic mass is 16.3. The van der Waals surface area contributed by atoms with E-state index < -0.39 is 0 Å². The first-order chi connectivity index (χ1) is 11.2. The summed E-state index contributed by atoms with van der Waals surface area (Å²) in [4.78, 5) is 3.42. The number of benzene rings is 3. The lowest BCUT2D eigenvalue weighted by molar-refractivity contribution is 0.514. The molecule has 0 fully saturated rings. The van der Waals surface area contributed by atoms with E-state index in [0.29, 0.717) is 5.56 Å². The highest BCUT2D eigenvalue weighted by molar-refractivity contribution is 6.08. The Bertz CT molecular complexity index is 1030. The number of hydrogen-bond donors (Lipinski definition) is 3. The Labute approximate surface area is 133 Å². The van der Waals surface area contributed by atoms with Gasteiger partial charge in [-0.25, -0.2) is 0 Å². The van der Waals surface area contributed by atoms with Gasteiger partial charge in [0.2, 0.25) is 0 Å². The summed E-state index contributed by atoms with van der Waals surface area (Å²) in [5.41, 5.74) is 4.74. The predicted octanol–water partition coefficient (Wildman–Crippen LogP) is 5.59. The molecule has 0 amide bonds. The zero-order chi connectivity index (χ0) is 15.8. The first-order valence-corrected chi connectivity index (χ1v) is 7.47. The Morgan fingerprint density at radius 2 is 1.61 bits per heavy atom. The second kappa shape index (κ2) is 5.21. The second-order valence-electron chi connectivity index (χ2n) is 5.55. The molecule has 0 aliphatic heterocycles. The molecular formula is C20H16N2O. The van der Waals surface area contributed by atoms with Gasteiger partial charge in [-0.1, -0.05) is 36.9 Å². The molecule has 0 radical (unpaired) electrons. The third kappa shape index (κ3) is 2.32. The molecule has 4 aromatic rings. The van der Waals surface area contributed by atoms with Crippen molar-refractivity contribution in [3.63, 3.8) is 0 Å². The fourth-order valence-electron chi connectivity index (χ4n) is 2.93. The highest BCUT2D eigenvalue weighted by Crippen LogP contribution is 2.30. The molecule has 1 aromatic heterocycles. The normalized spacial score (nSPS) is 11.0. The van der Waals surface area contributed by atoms with Crippen LogP contribution in [0.3, 0.4) is 0 Å². The van der Waals surface area contributed by atoms with Crippen LogP contribution in [0, 0.1) is 0 Å². The molecule has 4 rings (SSSR count). The molecule has 3 heteroatoms. The first-order valence-electron chi connectivity index (χ1n) is 7.47. The third-order valence-electron chi connectivity index (χ3n) is 4.02. The molecule has 0 spiro atoms. The average Bonchev–Trinajstić information content (AvgIpc) is 2.93. The van der Waals surface area contributed by atoms with Gasteiger partial charge in [-0.05, 0) is 36.4 Å². The minimum atomic E-state index is 0.0567. The van der Waals surface area contributed by atoms with Crippen LogP contribution < -0.4 is 5.32 Å². The zero-order valence-electron chi connectivity index (χ0n) is 12.5. The summed E-state index contributed by atoms with van der Waals surface area (Å²) in [5.74, 6) is 0.0567. The van der Waals surface area contributed by atoms with Crippen LogP contribution in [0.5, 0.6) is 0 Å². The van der Waals surface area contributed by atoms with Crippen molar-refractivity contribution in [1.82, 2.24) is 4.98 Å². The van der Waals surface area contributed by atoms with E-state index in [1.807, 2.05) is 42.5 Å². The van der Waals surface area contributed by atoms with Crippen LogP contribution >= 0.6 is 0 Å². The van der Waals surface area contributed by atoms with Gasteiger partial charge in [0.1, 0.15) is 5.76 Å². The summed E-state index contributed by atoms with van der Waals surface area (Å²) in [6.45, 7) is 3.62. The van der Waals surface area contributed by atoms with Crippen molar-refractivity contribution in [2.75, 3.05) is 5.32 Å². The number of H-pyrrole nitrogens is 1. The average molecular weight is 300 g/mol. The molecule has 23 heavy (non-hydrogen) atoms. The predicted molar refractivity (Wildman–Crippen MR) is 97.2 cm³/mol. The maximum absolute atomic E-state index is 9.72. The van der Waals surface area contributed by atoms with Crippen molar-refractivity contribution in [2.24, 2.45) is 0 Å². The molecule has 0 saturated heterocycles. The van der Waals surface area contributed by atoms with Gasteiger partial charge >= 0.3 is 0 Å². The Hall–Kier alpha value is -3.20. The number of aliphatic hydroxyl groups excluding tert-OH is 1. The number of para-hydroxylation sites is 2. The largest absolute Gasteiger partial charge is 0.508 e. The molecule has 0 atom stereocenters. The van der Waals surface area contributed by atoms with Gasteiger partial charge in [0, 0.05) is 38.7 Å². The van der Waals surface area contributed by atoms with E-state index >= 15 is 0 Å². The molecule has 0 aliphatic carbocycles. The maximum atomic E-state index is 9.72. The molecule has 0 saturated carbocycles. The molecule has 0 bridgehead atoms. The minimum Gasteiger partial charge on any atom is -0.508 e. The molecule has 3 nitrogen and oxygen atoms in total. The van der Waals surface area contributed by atoms with Crippen LogP contribution in [0.1, 0.15) is 5.56 Å². The first kappa shape index (κ1) is 13.5. The lowest BCUT2D eigenvalue weighted by Gasteiger charge is -2.11. The quantitative estimate of drug-likeness (QED) is 0.432. The number of aliphatic hydroxyl groups is 1. The summed E-state index contributed by atoms with van der Waals surface area (Å²) in [7, 11) is 0. The van der Waals surface area contributed by atoms with Gasteiger partial charge in [0.15, 0.2) is 0 Å². The van der Waals surface area contributed by atoms with Gasteiger partial charge in [-0.3, -0.25) is 0 Å². The van der Waals surface area contributed by atoms with Crippen LogP contribution in [-0.2, 0) is 0 Å². The van der Waals surface area contributed by atoms with E-state index in [2.05, 4.69) is 41.1 Å². The van der Waals surface area contributed by atoms with E-state index in [-0.39, 0.29) is 5.76 Å². The van der Waals surface area contributed by atoms with Crippen LogP contribution in [0.2, 0.25) is 0 Å². The number of aromatic nitrogens is 1. The number of rotatable bonds is 3. The second-order valence-corrected chi connectivity index (χ2v) is 5.55. The lowest BCUT2D eigenvalue weighted by atomic mass is 10.1. The van der Waals surface area contributed by atoms with Crippen molar-refractivity contribution in [3.8, 4) is 0 Å². The van der Waals surface area contributed by atoms with Crippen molar-refractivity contribution < 1.29 is 5.11 Å². The fraction of sp³-hybridized carbons (Fsp3) is 0. The van der Waals surface area contributed by atoms with E-state index in [4.69, 9.17) is 0 Å². The summed E-state index contributed by atoms with van der Waals surface area (Å²) in [6.07, 6.45) is 0. The van der Waals surface area contributed by atoms with E-state index in [1.54, 1.807) is 0 Å². The van der Waals surface area contributed by atoms with E-state index in [1.165, 1.54) is 10.8 Å². The summed E-state index contributed by atoms with van der Waals surface area (Å²) in [5, 5.41) is 15.5. The monoisotopic (exact) mass is 300 g/mol. The molecule has 1 heterocycles. The van der Waals surface area contributed by atoms with Gasteiger partial charge < -0.3 is 15.4 Å². The topological polar surface area (TPSA) is 48.0 Å². The minimum absolute atomic E-state index is 0.0567. The highest BCUT2D eigenvalue weighted by Gasteiger charge is 2.07. The lowest BCUT2D eigenvalue weighted by Crippen LogP contribution is -1.94.